The van der Waals surface area contributed by atoms with Crippen molar-refractivity contribution in [2.75, 3.05) is 6.61 Å². The summed E-state index contributed by atoms with van der Waals surface area (Å²) in [5.41, 5.74) is 2.21. The highest BCUT2D eigenvalue weighted by molar-refractivity contribution is 7.19. The fourth-order valence-corrected chi connectivity index (χ4v) is 4.50. The monoisotopic (exact) mass is 434 g/mol. The Balaban J connectivity index is 1.56. The fraction of sp³-hybridized carbons (Fsp3) is 0.208. The number of benzene rings is 2. The summed E-state index contributed by atoms with van der Waals surface area (Å²) in [6.45, 7) is 3.51. The van der Waals surface area contributed by atoms with E-state index in [1.165, 1.54) is 29.2 Å². The predicted molar refractivity (Wildman–Crippen MR) is 122 cm³/mol. The second-order valence-corrected chi connectivity index (χ2v) is 8.53. The average molecular weight is 435 g/mol. The molecule has 0 saturated carbocycles. The van der Waals surface area contributed by atoms with Gasteiger partial charge in [-0.1, -0.05) is 42.5 Å². The number of fused-ring (bicyclic) bond motifs is 1. The minimum absolute atomic E-state index is 0.0138. The molecule has 1 N–H and O–H groups in total. The average Bonchev–Trinajstić information content (AvgIpc) is 3.11. The highest BCUT2D eigenvalue weighted by Gasteiger charge is 2.18. The van der Waals surface area contributed by atoms with E-state index in [4.69, 9.17) is 4.74 Å². The Morgan fingerprint density at radius 3 is 2.71 bits per heavy atom. The summed E-state index contributed by atoms with van der Waals surface area (Å²) in [6.07, 6.45) is 0.549. The molecule has 0 radical (unpaired) electrons. The zero-order chi connectivity index (χ0) is 22.0. The van der Waals surface area contributed by atoms with Gasteiger partial charge in [-0.2, -0.15) is 0 Å². The molecule has 0 aliphatic heterocycles. The number of rotatable bonds is 7. The van der Waals surface area contributed by atoms with Crippen LogP contribution >= 0.6 is 11.3 Å². The topological polar surface area (TPSA) is 81.4 Å². The number of carbonyl (C=O) groups excluding carboxylic acids is 1. The largest absolute Gasteiger partial charge is 0.491 e. The number of aryl methyl sites for hydroxylation is 1. The van der Waals surface area contributed by atoms with E-state index < -0.39 is 6.10 Å². The molecule has 2 aromatic heterocycles. The number of aromatic nitrogens is 2. The molecule has 0 bridgehead atoms. The minimum atomic E-state index is -0.919. The van der Waals surface area contributed by atoms with Crippen molar-refractivity contribution < 1.29 is 14.6 Å². The van der Waals surface area contributed by atoms with Crippen LogP contribution in [0.4, 0.5) is 0 Å². The Morgan fingerprint density at radius 1 is 1.19 bits per heavy atom. The zero-order valence-corrected chi connectivity index (χ0v) is 18.1. The summed E-state index contributed by atoms with van der Waals surface area (Å²) in [5, 5.41) is 11.0. The molecule has 0 spiro atoms. The number of ketones is 1. The highest BCUT2D eigenvalue weighted by Crippen LogP contribution is 2.35. The van der Waals surface area contributed by atoms with Gasteiger partial charge in [0.15, 0.2) is 5.78 Å². The van der Waals surface area contributed by atoms with Gasteiger partial charge in [0.25, 0.3) is 5.56 Å². The van der Waals surface area contributed by atoms with Gasteiger partial charge in [-0.3, -0.25) is 14.2 Å². The molecule has 1 atom stereocenters. The number of aliphatic hydroxyl groups is 1. The number of aliphatic hydroxyl groups excluding tert-OH is 1. The van der Waals surface area contributed by atoms with Crippen molar-refractivity contribution in [3.05, 3.63) is 81.7 Å². The van der Waals surface area contributed by atoms with Gasteiger partial charge in [0, 0.05) is 16.0 Å². The molecule has 0 amide bonds. The quantitative estimate of drug-likeness (QED) is 0.444. The van der Waals surface area contributed by atoms with Crippen molar-refractivity contribution in [3.8, 4) is 16.9 Å². The van der Waals surface area contributed by atoms with E-state index in [9.17, 15) is 14.7 Å². The molecule has 0 fully saturated rings. The molecule has 7 heteroatoms. The lowest BCUT2D eigenvalue weighted by Gasteiger charge is -2.14. The summed E-state index contributed by atoms with van der Waals surface area (Å²) >= 11 is 1.49. The van der Waals surface area contributed by atoms with Crippen LogP contribution in [0, 0.1) is 6.92 Å². The first kappa shape index (κ1) is 21.0. The second kappa shape index (κ2) is 8.83. The number of carbonyl (C=O) groups is 1. The lowest BCUT2D eigenvalue weighted by molar-refractivity contribution is 0.0913. The van der Waals surface area contributed by atoms with Crippen LogP contribution in [0.1, 0.15) is 22.2 Å². The van der Waals surface area contributed by atoms with E-state index in [-0.39, 0.29) is 24.5 Å². The SMILES string of the molecule is CC(=O)c1cccc(OCC(O)Cn2cnc3sc(C)c(-c4ccccc4)c3c2=O)c1. The molecule has 31 heavy (non-hydrogen) atoms. The number of thiophene rings is 1. The maximum atomic E-state index is 13.2. The van der Waals surface area contributed by atoms with E-state index >= 15 is 0 Å². The van der Waals surface area contributed by atoms with Crippen LogP contribution in [0.5, 0.6) is 5.75 Å². The molecule has 2 heterocycles. The smallest absolute Gasteiger partial charge is 0.262 e. The van der Waals surface area contributed by atoms with Crippen LogP contribution in [0.2, 0.25) is 0 Å². The standard InChI is InChI=1S/C24H22N2O4S/c1-15(27)18-9-6-10-20(11-18)30-13-19(28)12-26-14-25-23-22(24(26)29)21(16(2)31-23)17-7-4-3-5-8-17/h3-11,14,19,28H,12-13H2,1-2H3. The normalized spacial score (nSPS) is 12.1. The van der Waals surface area contributed by atoms with E-state index in [1.807, 2.05) is 37.3 Å². The van der Waals surface area contributed by atoms with Crippen molar-refractivity contribution in [2.45, 2.75) is 26.5 Å². The van der Waals surface area contributed by atoms with Gasteiger partial charge in [0.05, 0.1) is 18.3 Å². The van der Waals surface area contributed by atoms with Gasteiger partial charge >= 0.3 is 0 Å². The van der Waals surface area contributed by atoms with Gasteiger partial charge < -0.3 is 9.84 Å². The van der Waals surface area contributed by atoms with Crippen molar-refractivity contribution >= 4 is 27.3 Å². The number of hydrogen-bond acceptors (Lipinski definition) is 6. The molecular weight excluding hydrogens is 412 g/mol. The molecule has 4 rings (SSSR count). The van der Waals surface area contributed by atoms with E-state index in [1.54, 1.807) is 24.3 Å². The van der Waals surface area contributed by atoms with Crippen LogP contribution in [-0.4, -0.2) is 33.2 Å². The third kappa shape index (κ3) is 4.42. The van der Waals surface area contributed by atoms with E-state index in [0.29, 0.717) is 21.5 Å². The number of nitrogens with zero attached hydrogens (tertiary/aromatic N) is 2. The Hall–Kier alpha value is -3.29. The predicted octanol–water partition coefficient (Wildman–Crippen LogP) is 4.08. The molecule has 0 saturated heterocycles. The molecule has 1 unspecified atom stereocenters. The van der Waals surface area contributed by atoms with Crippen molar-refractivity contribution in [3.63, 3.8) is 0 Å². The van der Waals surface area contributed by atoms with E-state index in [2.05, 4.69) is 4.98 Å². The zero-order valence-electron chi connectivity index (χ0n) is 17.2. The summed E-state index contributed by atoms with van der Waals surface area (Å²) in [6, 6.07) is 16.6. The lowest BCUT2D eigenvalue weighted by atomic mass is 10.0. The Kier molecular flexibility index (Phi) is 5.97. The molecule has 158 valence electrons. The Bertz CT molecular complexity index is 1290. The maximum Gasteiger partial charge on any atom is 0.262 e. The van der Waals surface area contributed by atoms with Crippen LogP contribution in [0.25, 0.3) is 21.3 Å². The Labute approximate surface area is 183 Å². The molecule has 0 aliphatic carbocycles. The lowest BCUT2D eigenvalue weighted by Crippen LogP contribution is -2.30. The third-order valence-electron chi connectivity index (χ3n) is 5.01. The van der Waals surface area contributed by atoms with Gasteiger partial charge in [-0.05, 0) is 31.5 Å². The molecule has 2 aromatic carbocycles. The minimum Gasteiger partial charge on any atom is -0.491 e. The summed E-state index contributed by atoms with van der Waals surface area (Å²) in [4.78, 5) is 30.9. The molecule has 6 nitrogen and oxygen atoms in total. The second-order valence-electron chi connectivity index (χ2n) is 7.33. The fourth-order valence-electron chi connectivity index (χ4n) is 3.50. The number of ether oxygens (including phenoxy) is 1. The van der Waals surface area contributed by atoms with Crippen molar-refractivity contribution in [2.24, 2.45) is 0 Å². The van der Waals surface area contributed by atoms with Crippen molar-refractivity contribution in [1.82, 2.24) is 9.55 Å². The maximum absolute atomic E-state index is 13.2. The summed E-state index contributed by atoms with van der Waals surface area (Å²) < 4.78 is 7.04. The first-order valence-electron chi connectivity index (χ1n) is 9.90. The van der Waals surface area contributed by atoms with Crippen LogP contribution in [-0.2, 0) is 6.54 Å². The summed E-state index contributed by atoms with van der Waals surface area (Å²) in [7, 11) is 0. The first-order valence-corrected chi connectivity index (χ1v) is 10.7. The van der Waals surface area contributed by atoms with Gasteiger partial charge in [0.2, 0.25) is 0 Å². The third-order valence-corrected chi connectivity index (χ3v) is 6.02. The van der Waals surface area contributed by atoms with Gasteiger partial charge in [0.1, 0.15) is 23.3 Å². The van der Waals surface area contributed by atoms with Gasteiger partial charge in [-0.15, -0.1) is 11.3 Å². The molecular formula is C24H22N2O4S. The number of hydrogen-bond donors (Lipinski definition) is 1. The first-order chi connectivity index (χ1) is 14.9. The van der Waals surface area contributed by atoms with Crippen LogP contribution < -0.4 is 10.3 Å². The Morgan fingerprint density at radius 2 is 1.97 bits per heavy atom. The summed E-state index contributed by atoms with van der Waals surface area (Å²) in [5.74, 6) is 0.435. The molecule has 4 aromatic rings. The number of Topliss-reactive ketones (excluding diaryl/α,β-unsaturated/α-hetero) is 1. The van der Waals surface area contributed by atoms with Gasteiger partial charge in [-0.25, -0.2) is 4.98 Å². The highest BCUT2D eigenvalue weighted by atomic mass is 32.1. The van der Waals surface area contributed by atoms with E-state index in [0.717, 1.165) is 16.0 Å². The van der Waals surface area contributed by atoms with Crippen LogP contribution in [0.3, 0.4) is 0 Å². The van der Waals surface area contributed by atoms with Crippen molar-refractivity contribution in [1.29, 1.82) is 0 Å². The molecule has 0 aliphatic rings. The van der Waals surface area contributed by atoms with Crippen LogP contribution in [0.15, 0.2) is 65.7 Å².